The van der Waals surface area contributed by atoms with Crippen molar-refractivity contribution in [3.63, 3.8) is 0 Å². The van der Waals surface area contributed by atoms with E-state index in [0.717, 1.165) is 19.3 Å². The Hall–Kier alpha value is -0.660. The molecule has 0 amide bonds. The molecule has 0 saturated carbocycles. The summed E-state index contributed by atoms with van der Waals surface area (Å²) in [4.78, 5) is 0. The molecule has 0 bridgehead atoms. The average Bonchev–Trinajstić information content (AvgIpc) is 2.67. The lowest BCUT2D eigenvalue weighted by Gasteiger charge is -2.27. The number of rotatable bonds is 8. The molecule has 1 heterocycles. The first-order chi connectivity index (χ1) is 7.33. The van der Waals surface area contributed by atoms with Crippen molar-refractivity contribution in [3.05, 3.63) is 12.5 Å². The minimum absolute atomic E-state index is 0.318. The lowest BCUT2D eigenvalue weighted by atomic mass is 10.0. The van der Waals surface area contributed by atoms with Gasteiger partial charge in [-0.1, -0.05) is 39.5 Å². The highest BCUT2D eigenvalue weighted by atomic mass is 16.7. The fraction of sp³-hybridized carbons (Fsp3) is 0.846. The predicted molar refractivity (Wildman–Crippen MR) is 62.3 cm³/mol. The van der Waals surface area contributed by atoms with Crippen molar-refractivity contribution >= 4 is 0 Å². The highest BCUT2D eigenvalue weighted by molar-refractivity contribution is 4.83. The summed E-state index contributed by atoms with van der Waals surface area (Å²) in [5.41, 5.74) is 0. The lowest BCUT2D eigenvalue weighted by Crippen LogP contribution is -2.29. The van der Waals surface area contributed by atoms with Crippen LogP contribution in [0.1, 0.15) is 65.2 Å². The highest BCUT2D eigenvalue weighted by Crippen LogP contribution is 2.31. The second-order valence-corrected chi connectivity index (χ2v) is 4.33. The van der Waals surface area contributed by atoms with Crippen LogP contribution in [0.3, 0.4) is 0 Å². The Morgan fingerprint density at radius 2 is 1.47 bits per heavy atom. The van der Waals surface area contributed by atoms with E-state index < -0.39 is 0 Å². The van der Waals surface area contributed by atoms with Gasteiger partial charge in [-0.2, -0.15) is 0 Å². The molecule has 1 aliphatic heterocycles. The van der Waals surface area contributed by atoms with Gasteiger partial charge in [0, 0.05) is 12.8 Å². The summed E-state index contributed by atoms with van der Waals surface area (Å²) in [7, 11) is 0. The molecule has 0 atom stereocenters. The summed E-state index contributed by atoms with van der Waals surface area (Å²) in [5.74, 6) is -0.318. The molecular weight excluding hydrogens is 188 g/mol. The van der Waals surface area contributed by atoms with Crippen LogP contribution in [0.15, 0.2) is 12.5 Å². The number of ether oxygens (including phenoxy) is 2. The lowest BCUT2D eigenvalue weighted by molar-refractivity contribution is -0.152. The molecule has 0 N–H and O–H groups in total. The van der Waals surface area contributed by atoms with Crippen LogP contribution in [-0.4, -0.2) is 5.79 Å². The molecule has 0 fully saturated rings. The topological polar surface area (TPSA) is 18.5 Å². The zero-order valence-corrected chi connectivity index (χ0v) is 10.1. The Morgan fingerprint density at radius 1 is 0.800 bits per heavy atom. The van der Waals surface area contributed by atoms with Crippen molar-refractivity contribution < 1.29 is 9.47 Å². The molecular formula is C13H24O2. The van der Waals surface area contributed by atoms with Crippen LogP contribution in [0.5, 0.6) is 0 Å². The van der Waals surface area contributed by atoms with Gasteiger partial charge in [0.25, 0.3) is 0 Å². The average molecular weight is 212 g/mol. The van der Waals surface area contributed by atoms with Crippen LogP contribution in [-0.2, 0) is 9.47 Å². The van der Waals surface area contributed by atoms with Crippen LogP contribution in [0.25, 0.3) is 0 Å². The second kappa shape index (κ2) is 6.76. The third kappa shape index (κ3) is 4.15. The van der Waals surface area contributed by atoms with Gasteiger partial charge in [-0.05, 0) is 12.8 Å². The fourth-order valence-corrected chi connectivity index (χ4v) is 2.07. The van der Waals surface area contributed by atoms with Crippen LogP contribution < -0.4 is 0 Å². The van der Waals surface area contributed by atoms with E-state index >= 15 is 0 Å². The van der Waals surface area contributed by atoms with E-state index in [1.54, 1.807) is 12.5 Å². The Kier molecular flexibility index (Phi) is 5.59. The summed E-state index contributed by atoms with van der Waals surface area (Å²) in [5, 5.41) is 0. The normalized spacial score (nSPS) is 17.5. The molecule has 0 saturated heterocycles. The van der Waals surface area contributed by atoms with E-state index in [-0.39, 0.29) is 5.79 Å². The fourth-order valence-electron chi connectivity index (χ4n) is 2.07. The van der Waals surface area contributed by atoms with Gasteiger partial charge in [-0.3, -0.25) is 0 Å². The zero-order chi connectivity index (χ0) is 11.0. The van der Waals surface area contributed by atoms with Gasteiger partial charge in [0.1, 0.15) is 12.5 Å². The van der Waals surface area contributed by atoms with E-state index in [9.17, 15) is 0 Å². The summed E-state index contributed by atoms with van der Waals surface area (Å²) in [6.07, 6.45) is 13.0. The molecule has 1 rings (SSSR count). The second-order valence-electron chi connectivity index (χ2n) is 4.33. The Labute approximate surface area is 93.7 Å². The zero-order valence-electron chi connectivity index (χ0n) is 10.1. The molecule has 0 aromatic carbocycles. The minimum atomic E-state index is -0.318. The van der Waals surface area contributed by atoms with Gasteiger partial charge in [0.15, 0.2) is 0 Å². The third-order valence-corrected chi connectivity index (χ3v) is 2.91. The maximum absolute atomic E-state index is 5.58. The van der Waals surface area contributed by atoms with Gasteiger partial charge in [-0.25, -0.2) is 0 Å². The van der Waals surface area contributed by atoms with Crippen molar-refractivity contribution in [1.82, 2.24) is 0 Å². The van der Waals surface area contributed by atoms with Crippen molar-refractivity contribution in [1.29, 1.82) is 0 Å². The smallest absolute Gasteiger partial charge is 0.249 e. The molecule has 0 radical (unpaired) electrons. The summed E-state index contributed by atoms with van der Waals surface area (Å²) in [6.45, 7) is 4.41. The van der Waals surface area contributed by atoms with Gasteiger partial charge >= 0.3 is 0 Å². The number of hydrogen-bond acceptors (Lipinski definition) is 2. The summed E-state index contributed by atoms with van der Waals surface area (Å²) in [6, 6.07) is 0. The number of unbranched alkanes of at least 4 members (excludes halogenated alkanes) is 4. The van der Waals surface area contributed by atoms with Crippen LogP contribution in [0.2, 0.25) is 0 Å². The van der Waals surface area contributed by atoms with Crippen LogP contribution in [0, 0.1) is 0 Å². The van der Waals surface area contributed by atoms with E-state index in [1.165, 1.54) is 32.1 Å². The third-order valence-electron chi connectivity index (χ3n) is 2.91. The van der Waals surface area contributed by atoms with Gasteiger partial charge < -0.3 is 9.47 Å². The molecule has 1 aliphatic rings. The van der Waals surface area contributed by atoms with E-state index in [4.69, 9.17) is 9.47 Å². The SMILES string of the molecule is CCCCCCCC1(CCC)OC=CO1. The summed E-state index contributed by atoms with van der Waals surface area (Å²) < 4.78 is 11.2. The quantitative estimate of drug-likeness (QED) is 0.556. The van der Waals surface area contributed by atoms with Gasteiger partial charge in [0.2, 0.25) is 5.79 Å². The molecule has 2 heteroatoms. The maximum Gasteiger partial charge on any atom is 0.249 e. The van der Waals surface area contributed by atoms with Gasteiger partial charge in [0.05, 0.1) is 0 Å². The molecule has 0 unspecified atom stereocenters. The van der Waals surface area contributed by atoms with Crippen molar-refractivity contribution in [2.24, 2.45) is 0 Å². The van der Waals surface area contributed by atoms with E-state index in [0.29, 0.717) is 0 Å². The van der Waals surface area contributed by atoms with Crippen molar-refractivity contribution in [2.45, 2.75) is 71.0 Å². The molecule has 2 nitrogen and oxygen atoms in total. The monoisotopic (exact) mass is 212 g/mol. The molecule has 0 aromatic heterocycles. The van der Waals surface area contributed by atoms with E-state index in [1.807, 2.05) is 0 Å². The minimum Gasteiger partial charge on any atom is -0.457 e. The molecule has 0 aliphatic carbocycles. The number of hydrogen-bond donors (Lipinski definition) is 0. The van der Waals surface area contributed by atoms with Crippen molar-refractivity contribution in [3.8, 4) is 0 Å². The van der Waals surface area contributed by atoms with Crippen LogP contribution in [0.4, 0.5) is 0 Å². The largest absolute Gasteiger partial charge is 0.457 e. The van der Waals surface area contributed by atoms with E-state index in [2.05, 4.69) is 13.8 Å². The predicted octanol–water partition coefficient (Wildman–Crippen LogP) is 4.36. The first-order valence-corrected chi connectivity index (χ1v) is 6.33. The Morgan fingerprint density at radius 3 is 2.07 bits per heavy atom. The van der Waals surface area contributed by atoms with Crippen LogP contribution >= 0.6 is 0 Å². The standard InChI is InChI=1S/C13H24O2/c1-3-5-6-7-8-10-13(9-4-2)14-11-12-15-13/h11-12H,3-10H2,1-2H3. The van der Waals surface area contributed by atoms with Crippen molar-refractivity contribution in [2.75, 3.05) is 0 Å². The molecule has 0 aromatic rings. The Balaban J connectivity index is 2.15. The molecule has 0 spiro atoms. The molecule has 88 valence electrons. The highest BCUT2D eigenvalue weighted by Gasteiger charge is 2.33. The maximum atomic E-state index is 5.58. The summed E-state index contributed by atoms with van der Waals surface area (Å²) >= 11 is 0. The first kappa shape index (κ1) is 12.4. The van der Waals surface area contributed by atoms with Gasteiger partial charge in [-0.15, -0.1) is 0 Å². The molecule has 15 heavy (non-hydrogen) atoms. The first-order valence-electron chi connectivity index (χ1n) is 6.33. The Bertz CT molecular complexity index is 179.